The quantitative estimate of drug-likeness (QED) is 0.867. The van der Waals surface area contributed by atoms with E-state index in [9.17, 15) is 0 Å². The number of nitrogens with two attached hydrogens (primary N) is 1. The van der Waals surface area contributed by atoms with Crippen molar-refractivity contribution in [2.75, 3.05) is 13.1 Å². The molecule has 0 aliphatic carbocycles. The van der Waals surface area contributed by atoms with Crippen LogP contribution in [0, 0.1) is 5.92 Å². The van der Waals surface area contributed by atoms with E-state index >= 15 is 0 Å². The first-order chi connectivity index (χ1) is 7.15. The van der Waals surface area contributed by atoms with Crippen LogP contribution in [0.15, 0.2) is 11.4 Å². The lowest BCUT2D eigenvalue weighted by Crippen LogP contribution is -2.45. The zero-order valence-electron chi connectivity index (χ0n) is 8.95. The maximum absolute atomic E-state index is 5.99. The average Bonchev–Trinajstić information content (AvgIpc) is 2.58. The van der Waals surface area contributed by atoms with E-state index in [-0.39, 0.29) is 0 Å². The van der Waals surface area contributed by atoms with Gasteiger partial charge in [-0.3, -0.25) is 4.90 Å². The van der Waals surface area contributed by atoms with Gasteiger partial charge >= 0.3 is 0 Å². The number of hydrogen-bond donors (Lipinski definition) is 1. The van der Waals surface area contributed by atoms with Crippen LogP contribution in [-0.2, 0) is 6.54 Å². The molecule has 0 aromatic carbocycles. The molecule has 1 fully saturated rings. The Labute approximate surface area is 100 Å². The van der Waals surface area contributed by atoms with E-state index in [1.54, 1.807) is 11.3 Å². The van der Waals surface area contributed by atoms with Crippen LogP contribution in [0.1, 0.15) is 18.2 Å². The first kappa shape index (κ1) is 11.4. The number of piperidine rings is 1. The van der Waals surface area contributed by atoms with Gasteiger partial charge in [-0.2, -0.15) is 0 Å². The Morgan fingerprint density at radius 1 is 1.67 bits per heavy atom. The predicted octanol–water partition coefficient (Wildman–Crippen LogP) is 2.57. The van der Waals surface area contributed by atoms with Crippen molar-refractivity contribution in [3.63, 3.8) is 0 Å². The van der Waals surface area contributed by atoms with Crippen molar-refractivity contribution in [2.24, 2.45) is 11.7 Å². The van der Waals surface area contributed by atoms with Gasteiger partial charge in [-0.1, -0.05) is 18.5 Å². The molecular formula is C11H17ClN2S. The van der Waals surface area contributed by atoms with Crippen LogP contribution in [0.25, 0.3) is 0 Å². The molecule has 2 N–H and O–H groups in total. The zero-order valence-corrected chi connectivity index (χ0v) is 10.5. The van der Waals surface area contributed by atoms with Crippen molar-refractivity contribution in [1.29, 1.82) is 0 Å². The molecule has 1 aliphatic heterocycles. The molecule has 0 radical (unpaired) electrons. The molecule has 0 bridgehead atoms. The van der Waals surface area contributed by atoms with Crippen molar-refractivity contribution < 1.29 is 0 Å². The number of rotatable bonds is 2. The molecule has 0 saturated carbocycles. The van der Waals surface area contributed by atoms with E-state index in [0.29, 0.717) is 12.0 Å². The highest BCUT2D eigenvalue weighted by Crippen LogP contribution is 2.23. The molecule has 2 nitrogen and oxygen atoms in total. The van der Waals surface area contributed by atoms with Gasteiger partial charge in [0.2, 0.25) is 0 Å². The van der Waals surface area contributed by atoms with Crippen LogP contribution < -0.4 is 5.73 Å². The second kappa shape index (κ2) is 4.83. The summed E-state index contributed by atoms with van der Waals surface area (Å²) in [6.07, 6.45) is 1.11. The highest BCUT2D eigenvalue weighted by Gasteiger charge is 2.23. The molecule has 2 atom stereocenters. The molecule has 2 unspecified atom stereocenters. The largest absolute Gasteiger partial charge is 0.327 e. The minimum absolute atomic E-state index is 0.383. The van der Waals surface area contributed by atoms with Gasteiger partial charge in [0.05, 0.1) is 5.02 Å². The van der Waals surface area contributed by atoms with Crippen molar-refractivity contribution in [3.05, 3.63) is 21.3 Å². The number of hydrogen-bond acceptors (Lipinski definition) is 3. The fourth-order valence-electron chi connectivity index (χ4n) is 2.05. The van der Waals surface area contributed by atoms with E-state index < -0.39 is 0 Å². The summed E-state index contributed by atoms with van der Waals surface area (Å²) in [4.78, 5) is 3.82. The van der Waals surface area contributed by atoms with E-state index in [4.69, 9.17) is 17.3 Å². The fourth-order valence-corrected chi connectivity index (χ4v) is 3.16. The minimum atomic E-state index is 0.383. The number of likely N-dealkylation sites (tertiary alicyclic amines) is 1. The summed E-state index contributed by atoms with van der Waals surface area (Å²) in [5, 5.41) is 2.85. The van der Waals surface area contributed by atoms with Crippen LogP contribution in [-0.4, -0.2) is 24.0 Å². The van der Waals surface area contributed by atoms with E-state index in [1.165, 1.54) is 4.88 Å². The summed E-state index contributed by atoms with van der Waals surface area (Å²) in [5.41, 5.74) is 5.99. The highest BCUT2D eigenvalue weighted by atomic mass is 35.5. The normalized spacial score (nSPS) is 28.2. The van der Waals surface area contributed by atoms with Gasteiger partial charge in [0.25, 0.3) is 0 Å². The standard InChI is InChI=1S/C11H17ClN2S/c1-8-5-14(3-2-11(8)13)6-10-4-9(12)7-15-10/h4,7-8,11H,2-3,5-6,13H2,1H3. The van der Waals surface area contributed by atoms with Crippen molar-refractivity contribution in [2.45, 2.75) is 25.9 Å². The first-order valence-corrected chi connectivity index (χ1v) is 6.62. The lowest BCUT2D eigenvalue weighted by atomic mass is 9.95. The lowest BCUT2D eigenvalue weighted by Gasteiger charge is -2.34. The Hall–Kier alpha value is -0.0900. The Kier molecular flexibility index (Phi) is 3.67. The third-order valence-electron chi connectivity index (χ3n) is 3.06. The molecule has 1 aromatic heterocycles. The van der Waals surface area contributed by atoms with Crippen LogP contribution in [0.3, 0.4) is 0 Å². The molecule has 0 spiro atoms. The topological polar surface area (TPSA) is 29.3 Å². The Balaban J connectivity index is 1.90. The third-order valence-corrected chi connectivity index (χ3v) is 4.33. The Morgan fingerprint density at radius 3 is 3.07 bits per heavy atom. The zero-order chi connectivity index (χ0) is 10.8. The summed E-state index contributed by atoms with van der Waals surface area (Å²) in [6, 6.07) is 2.44. The van der Waals surface area contributed by atoms with Gasteiger partial charge in [-0.25, -0.2) is 0 Å². The summed E-state index contributed by atoms with van der Waals surface area (Å²) >= 11 is 7.64. The Morgan fingerprint density at radius 2 is 2.47 bits per heavy atom. The molecule has 1 saturated heterocycles. The maximum atomic E-state index is 5.99. The summed E-state index contributed by atoms with van der Waals surface area (Å²) in [5.74, 6) is 0.606. The molecule has 15 heavy (non-hydrogen) atoms. The van der Waals surface area contributed by atoms with Crippen molar-refractivity contribution >= 4 is 22.9 Å². The second-order valence-corrected chi connectivity index (χ2v) is 5.83. The van der Waals surface area contributed by atoms with Crippen LogP contribution >= 0.6 is 22.9 Å². The third kappa shape index (κ3) is 2.94. The molecule has 4 heteroatoms. The van der Waals surface area contributed by atoms with Gasteiger partial charge in [0.1, 0.15) is 0 Å². The first-order valence-electron chi connectivity index (χ1n) is 5.36. The molecule has 1 aromatic rings. The van der Waals surface area contributed by atoms with Gasteiger partial charge in [-0.05, 0) is 18.4 Å². The van der Waals surface area contributed by atoms with E-state index in [2.05, 4.69) is 17.9 Å². The van der Waals surface area contributed by atoms with Crippen LogP contribution in [0.2, 0.25) is 5.02 Å². The molecule has 2 rings (SSSR count). The average molecular weight is 245 g/mol. The summed E-state index contributed by atoms with van der Waals surface area (Å²) in [6.45, 7) is 5.48. The molecule has 84 valence electrons. The van der Waals surface area contributed by atoms with Gasteiger partial charge in [0, 0.05) is 35.9 Å². The Bertz CT molecular complexity index is 326. The lowest BCUT2D eigenvalue weighted by molar-refractivity contribution is 0.159. The predicted molar refractivity (Wildman–Crippen MR) is 66.4 cm³/mol. The van der Waals surface area contributed by atoms with Crippen LogP contribution in [0.4, 0.5) is 0 Å². The van der Waals surface area contributed by atoms with Gasteiger partial charge in [-0.15, -0.1) is 11.3 Å². The minimum Gasteiger partial charge on any atom is -0.327 e. The highest BCUT2D eigenvalue weighted by molar-refractivity contribution is 7.10. The fraction of sp³-hybridized carbons (Fsp3) is 0.636. The second-order valence-electron chi connectivity index (χ2n) is 4.40. The molecule has 1 aliphatic rings. The number of halogens is 1. The monoisotopic (exact) mass is 244 g/mol. The molecule has 0 amide bonds. The van der Waals surface area contributed by atoms with Crippen LogP contribution in [0.5, 0.6) is 0 Å². The van der Waals surface area contributed by atoms with Gasteiger partial charge < -0.3 is 5.73 Å². The maximum Gasteiger partial charge on any atom is 0.0516 e. The molecular weight excluding hydrogens is 228 g/mol. The number of nitrogens with zero attached hydrogens (tertiary/aromatic N) is 1. The number of thiophene rings is 1. The van der Waals surface area contributed by atoms with Crippen molar-refractivity contribution in [3.8, 4) is 0 Å². The van der Waals surface area contributed by atoms with E-state index in [1.807, 2.05) is 5.38 Å². The molecule has 2 heterocycles. The van der Waals surface area contributed by atoms with E-state index in [0.717, 1.165) is 31.1 Å². The SMILES string of the molecule is CC1CN(Cc2cc(Cl)cs2)CCC1N. The summed E-state index contributed by atoms with van der Waals surface area (Å²) in [7, 11) is 0. The smallest absolute Gasteiger partial charge is 0.0516 e. The van der Waals surface area contributed by atoms with Gasteiger partial charge in [0.15, 0.2) is 0 Å². The summed E-state index contributed by atoms with van der Waals surface area (Å²) < 4.78 is 0. The van der Waals surface area contributed by atoms with Crippen molar-refractivity contribution in [1.82, 2.24) is 4.90 Å².